The Labute approximate surface area is 171 Å². The van der Waals surface area contributed by atoms with Crippen LogP contribution in [-0.4, -0.2) is 36.8 Å². The maximum Gasteiger partial charge on any atom is 0.227 e. The van der Waals surface area contributed by atoms with Crippen molar-refractivity contribution in [2.75, 3.05) is 11.5 Å². The van der Waals surface area contributed by atoms with Crippen LogP contribution in [0.15, 0.2) is 34.8 Å². The van der Waals surface area contributed by atoms with Crippen molar-refractivity contribution >= 4 is 38.9 Å². The minimum absolute atomic E-state index is 0.0153. The third kappa shape index (κ3) is 4.52. The number of rotatable bonds is 5. The Hall–Kier alpha value is -1.04. The van der Waals surface area contributed by atoms with Crippen LogP contribution in [0, 0.1) is 24.2 Å². The van der Waals surface area contributed by atoms with Gasteiger partial charge in [-0.05, 0) is 36.3 Å². The zero-order valence-corrected chi connectivity index (χ0v) is 18.1. The summed E-state index contributed by atoms with van der Waals surface area (Å²) in [6.07, 6.45) is 2.21. The minimum atomic E-state index is -3.09. The zero-order valence-electron chi connectivity index (χ0n) is 15.8. The van der Waals surface area contributed by atoms with Gasteiger partial charge in [-0.25, -0.2) is 8.42 Å². The average molecular weight is 430 g/mol. The molecule has 3 atom stereocenters. The normalized spacial score (nSPS) is 27.8. The molecule has 1 amide bonds. The highest BCUT2D eigenvalue weighted by Crippen LogP contribution is 2.60. The van der Waals surface area contributed by atoms with Crippen molar-refractivity contribution in [3.63, 3.8) is 0 Å². The summed E-state index contributed by atoms with van der Waals surface area (Å²) in [5.41, 5.74) is 1.90. The number of allylic oxidation sites excluding steroid dienone is 1. The molecular weight excluding hydrogens is 405 g/mol. The summed E-state index contributed by atoms with van der Waals surface area (Å²) in [4.78, 5) is 15.2. The first-order valence-electron chi connectivity index (χ1n) is 9.10. The number of amides is 1. The fourth-order valence-corrected chi connectivity index (χ4v) is 6.08. The Morgan fingerprint density at radius 1 is 1.26 bits per heavy atom. The standard InChI is InChI=1S/C20H25Cl2NO3S/c1-13-4-6-14(7-5-13)11-23(15-8-9-27(25,26)12-15)19(24)18-16(10-17(21)22)20(18,2)3/h4-7,10,15-16,18H,8-9,11-12H2,1-3H3/t15-,16+,18-/m1/s1. The van der Waals surface area contributed by atoms with E-state index < -0.39 is 9.84 Å². The van der Waals surface area contributed by atoms with E-state index in [1.807, 2.05) is 45.0 Å². The van der Waals surface area contributed by atoms with Crippen LogP contribution in [0.4, 0.5) is 0 Å². The van der Waals surface area contributed by atoms with Crippen molar-refractivity contribution in [3.8, 4) is 0 Å². The summed E-state index contributed by atoms with van der Waals surface area (Å²) in [7, 11) is -3.09. The number of carbonyl (C=O) groups is 1. The molecule has 148 valence electrons. The zero-order chi connectivity index (χ0) is 20.0. The minimum Gasteiger partial charge on any atom is -0.334 e. The molecule has 2 fully saturated rings. The molecule has 1 aromatic carbocycles. The molecule has 0 radical (unpaired) electrons. The van der Waals surface area contributed by atoms with Crippen molar-refractivity contribution in [2.24, 2.45) is 17.3 Å². The van der Waals surface area contributed by atoms with Gasteiger partial charge in [0, 0.05) is 12.6 Å². The van der Waals surface area contributed by atoms with Crippen LogP contribution in [0.5, 0.6) is 0 Å². The second-order valence-electron chi connectivity index (χ2n) is 8.29. The van der Waals surface area contributed by atoms with Gasteiger partial charge in [-0.15, -0.1) is 0 Å². The molecule has 1 aliphatic heterocycles. The molecule has 1 aromatic rings. The molecule has 0 bridgehead atoms. The molecule has 1 aliphatic carbocycles. The Morgan fingerprint density at radius 3 is 2.41 bits per heavy atom. The predicted octanol–water partition coefficient (Wildman–Crippen LogP) is 4.10. The first-order valence-corrected chi connectivity index (χ1v) is 11.7. The summed E-state index contributed by atoms with van der Waals surface area (Å²) >= 11 is 11.6. The van der Waals surface area contributed by atoms with Crippen LogP contribution in [0.2, 0.25) is 0 Å². The molecule has 1 saturated heterocycles. The Balaban J connectivity index is 1.86. The van der Waals surface area contributed by atoms with E-state index in [4.69, 9.17) is 23.2 Å². The van der Waals surface area contributed by atoms with E-state index in [9.17, 15) is 13.2 Å². The molecule has 1 heterocycles. The van der Waals surface area contributed by atoms with Crippen LogP contribution < -0.4 is 0 Å². The van der Waals surface area contributed by atoms with E-state index >= 15 is 0 Å². The van der Waals surface area contributed by atoms with Gasteiger partial charge in [0.05, 0.1) is 17.4 Å². The average Bonchev–Trinajstić information content (AvgIpc) is 2.90. The lowest BCUT2D eigenvalue weighted by Crippen LogP contribution is -2.42. The van der Waals surface area contributed by atoms with Crippen LogP contribution in [0.25, 0.3) is 0 Å². The summed E-state index contributed by atoms with van der Waals surface area (Å²) in [5, 5.41) is 0. The Morgan fingerprint density at radius 2 is 1.89 bits per heavy atom. The summed E-state index contributed by atoms with van der Waals surface area (Å²) in [6.45, 7) is 6.46. The topological polar surface area (TPSA) is 54.5 Å². The lowest BCUT2D eigenvalue weighted by Gasteiger charge is -2.29. The number of hydrogen-bond acceptors (Lipinski definition) is 3. The van der Waals surface area contributed by atoms with Gasteiger partial charge in [-0.3, -0.25) is 4.79 Å². The molecule has 4 nitrogen and oxygen atoms in total. The van der Waals surface area contributed by atoms with Crippen molar-refractivity contribution in [1.29, 1.82) is 0 Å². The molecule has 7 heteroatoms. The van der Waals surface area contributed by atoms with Crippen LogP contribution in [-0.2, 0) is 21.2 Å². The predicted molar refractivity (Wildman–Crippen MR) is 109 cm³/mol. The quantitative estimate of drug-likeness (QED) is 0.707. The fourth-order valence-electron chi connectivity index (χ4n) is 4.07. The second kappa shape index (κ2) is 7.41. The van der Waals surface area contributed by atoms with Crippen molar-refractivity contribution in [3.05, 3.63) is 46.0 Å². The molecule has 2 aliphatic rings. The van der Waals surface area contributed by atoms with E-state index in [1.165, 1.54) is 0 Å². The molecule has 0 spiro atoms. The van der Waals surface area contributed by atoms with E-state index in [1.54, 1.807) is 11.0 Å². The van der Waals surface area contributed by atoms with Gasteiger partial charge in [-0.2, -0.15) is 0 Å². The Kier molecular flexibility index (Phi) is 5.68. The largest absolute Gasteiger partial charge is 0.334 e. The van der Waals surface area contributed by atoms with Crippen LogP contribution >= 0.6 is 23.2 Å². The number of benzene rings is 1. The molecule has 1 saturated carbocycles. The van der Waals surface area contributed by atoms with Gasteiger partial charge in [0.2, 0.25) is 5.91 Å². The van der Waals surface area contributed by atoms with Gasteiger partial charge in [-0.1, -0.05) is 66.9 Å². The number of nitrogens with zero attached hydrogens (tertiary/aromatic N) is 1. The lowest BCUT2D eigenvalue weighted by atomic mass is 10.1. The summed E-state index contributed by atoms with van der Waals surface area (Å²) in [5.74, 6) is -0.111. The smallest absolute Gasteiger partial charge is 0.227 e. The van der Waals surface area contributed by atoms with Gasteiger partial charge < -0.3 is 4.90 Å². The van der Waals surface area contributed by atoms with E-state index in [2.05, 4.69) is 0 Å². The third-order valence-electron chi connectivity index (χ3n) is 5.89. The summed E-state index contributed by atoms with van der Waals surface area (Å²) < 4.78 is 24.2. The second-order valence-corrected chi connectivity index (χ2v) is 11.5. The highest BCUT2D eigenvalue weighted by molar-refractivity contribution is 7.91. The monoisotopic (exact) mass is 429 g/mol. The first-order chi connectivity index (χ1) is 12.5. The van der Waals surface area contributed by atoms with Gasteiger partial charge >= 0.3 is 0 Å². The molecule has 0 aromatic heterocycles. The van der Waals surface area contributed by atoms with Gasteiger partial charge in [0.1, 0.15) is 4.49 Å². The van der Waals surface area contributed by atoms with Gasteiger partial charge in [0.25, 0.3) is 0 Å². The summed E-state index contributed by atoms with van der Waals surface area (Å²) in [6, 6.07) is 7.71. The lowest BCUT2D eigenvalue weighted by molar-refractivity contribution is -0.136. The van der Waals surface area contributed by atoms with E-state index in [-0.39, 0.29) is 45.2 Å². The molecule has 0 N–H and O–H groups in total. The maximum absolute atomic E-state index is 13.4. The molecule has 3 rings (SSSR count). The molecular formula is C20H25Cl2NO3S. The molecule has 27 heavy (non-hydrogen) atoms. The number of sulfone groups is 1. The van der Waals surface area contributed by atoms with Crippen molar-refractivity contribution < 1.29 is 13.2 Å². The number of aryl methyl sites for hydroxylation is 1. The maximum atomic E-state index is 13.4. The van der Waals surface area contributed by atoms with Crippen molar-refractivity contribution in [1.82, 2.24) is 4.90 Å². The van der Waals surface area contributed by atoms with E-state index in [0.29, 0.717) is 13.0 Å². The highest BCUT2D eigenvalue weighted by atomic mass is 35.5. The van der Waals surface area contributed by atoms with Gasteiger partial charge in [0.15, 0.2) is 9.84 Å². The van der Waals surface area contributed by atoms with Crippen LogP contribution in [0.3, 0.4) is 0 Å². The third-order valence-corrected chi connectivity index (χ3v) is 7.89. The number of hydrogen-bond donors (Lipinski definition) is 0. The first kappa shape index (κ1) is 20.7. The Bertz CT molecular complexity index is 858. The highest BCUT2D eigenvalue weighted by Gasteiger charge is 2.62. The van der Waals surface area contributed by atoms with Crippen LogP contribution in [0.1, 0.15) is 31.4 Å². The molecule has 0 unspecified atom stereocenters. The fraction of sp³-hybridized carbons (Fsp3) is 0.550. The van der Waals surface area contributed by atoms with E-state index in [0.717, 1.165) is 11.1 Å². The number of halogens is 2. The number of carbonyl (C=O) groups excluding carboxylic acids is 1. The van der Waals surface area contributed by atoms with Crippen molar-refractivity contribution in [2.45, 2.75) is 39.8 Å². The SMILES string of the molecule is Cc1ccc(CN(C(=O)[C@H]2[C@H](C=C(Cl)Cl)C2(C)C)[C@@H]2CCS(=O)(=O)C2)cc1.